The zero-order valence-corrected chi connectivity index (χ0v) is 16.8. The molecule has 12 heteroatoms. The summed E-state index contributed by atoms with van der Waals surface area (Å²) in [5.74, 6) is 1.42. The van der Waals surface area contributed by atoms with E-state index >= 15 is 0 Å². The third-order valence-electron chi connectivity index (χ3n) is 4.45. The number of piperazine rings is 1. The molecule has 154 valence electrons. The molecule has 0 aliphatic carbocycles. The molecule has 3 heterocycles. The van der Waals surface area contributed by atoms with Crippen LogP contribution in [0, 0.1) is 0 Å². The van der Waals surface area contributed by atoms with Crippen molar-refractivity contribution in [2.75, 3.05) is 38.1 Å². The summed E-state index contributed by atoms with van der Waals surface area (Å²) in [5, 5.41) is 7.47. The third-order valence-corrected chi connectivity index (χ3v) is 5.26. The molecule has 1 aliphatic rings. The lowest BCUT2D eigenvalue weighted by atomic mass is 10.2. The van der Waals surface area contributed by atoms with Crippen LogP contribution in [0.5, 0.6) is 0 Å². The summed E-state index contributed by atoms with van der Waals surface area (Å²) in [6.45, 7) is 4.91. The largest absolute Gasteiger partial charge is 0.435 e. The summed E-state index contributed by atoms with van der Waals surface area (Å²) in [6.07, 6.45) is -2.30. The molecular formula is C16H23F3N8S. The fraction of sp³-hybridized carbons (Fsp3) is 0.625. The van der Waals surface area contributed by atoms with Gasteiger partial charge in [0, 0.05) is 76.5 Å². The number of rotatable bonds is 4. The lowest BCUT2D eigenvalue weighted by molar-refractivity contribution is -0.142. The molecule has 8 nitrogen and oxygen atoms in total. The second kappa shape index (κ2) is 8.33. The zero-order chi connectivity index (χ0) is 20.3. The van der Waals surface area contributed by atoms with Crippen LogP contribution in [-0.2, 0) is 26.2 Å². The second-order valence-corrected chi connectivity index (χ2v) is 7.13. The first-order chi connectivity index (χ1) is 13.3. The number of nitrogens with one attached hydrogen (secondary N) is 1. The first kappa shape index (κ1) is 20.4. The normalized spacial score (nSPS) is 16.0. The van der Waals surface area contributed by atoms with E-state index in [4.69, 9.17) is 0 Å². The molecule has 0 bridgehead atoms. The first-order valence-electron chi connectivity index (χ1n) is 8.94. The van der Waals surface area contributed by atoms with E-state index in [0.717, 1.165) is 30.5 Å². The van der Waals surface area contributed by atoms with E-state index in [1.165, 1.54) is 29.5 Å². The Hall–Kier alpha value is -2.37. The molecule has 0 unspecified atom stereocenters. The third kappa shape index (κ3) is 4.54. The summed E-state index contributed by atoms with van der Waals surface area (Å²) < 4.78 is 44.8. The van der Waals surface area contributed by atoms with Crippen LogP contribution in [0.4, 0.5) is 18.3 Å². The number of aliphatic imine (C=N–C) groups is 1. The standard InChI is InChI=1S/C16H23F3N8S/c1-4-12-22-15(28-24-12)27-7-5-26(6-8-27)14(20-2)21-9-11-10-25(3)23-13(11)16(17,18)19/h10H,4-9H2,1-3H3,(H,20,21). The highest BCUT2D eigenvalue weighted by Crippen LogP contribution is 2.30. The predicted molar refractivity (Wildman–Crippen MR) is 101 cm³/mol. The van der Waals surface area contributed by atoms with E-state index in [0.29, 0.717) is 19.0 Å². The van der Waals surface area contributed by atoms with Gasteiger partial charge in [0.2, 0.25) is 5.13 Å². The Morgan fingerprint density at radius 1 is 1.29 bits per heavy atom. The van der Waals surface area contributed by atoms with E-state index < -0.39 is 11.9 Å². The van der Waals surface area contributed by atoms with Crippen molar-refractivity contribution in [1.29, 1.82) is 0 Å². The lowest BCUT2D eigenvalue weighted by Crippen LogP contribution is -2.52. The van der Waals surface area contributed by atoms with Gasteiger partial charge in [-0.15, -0.1) is 0 Å². The number of aryl methyl sites for hydroxylation is 2. The van der Waals surface area contributed by atoms with Gasteiger partial charge in [0.15, 0.2) is 11.7 Å². The molecule has 1 aliphatic heterocycles. The molecular weight excluding hydrogens is 393 g/mol. The van der Waals surface area contributed by atoms with E-state index in [2.05, 4.69) is 29.7 Å². The molecule has 0 atom stereocenters. The second-order valence-electron chi connectivity index (χ2n) is 6.40. The highest BCUT2D eigenvalue weighted by atomic mass is 32.1. The van der Waals surface area contributed by atoms with Crippen molar-refractivity contribution >= 4 is 22.6 Å². The number of alkyl halides is 3. The Labute approximate surface area is 165 Å². The van der Waals surface area contributed by atoms with Crippen molar-refractivity contribution in [3.8, 4) is 0 Å². The van der Waals surface area contributed by atoms with E-state index in [1.807, 2.05) is 11.8 Å². The fourth-order valence-corrected chi connectivity index (χ4v) is 3.84. The topological polar surface area (TPSA) is 74.5 Å². The molecule has 28 heavy (non-hydrogen) atoms. The SMILES string of the molecule is CCc1nsc(N2CCN(C(=NC)NCc3cn(C)nc3C(F)(F)F)CC2)n1. The quantitative estimate of drug-likeness (QED) is 0.605. The number of aromatic nitrogens is 4. The molecule has 0 aromatic carbocycles. The van der Waals surface area contributed by atoms with Crippen LogP contribution >= 0.6 is 11.5 Å². The summed E-state index contributed by atoms with van der Waals surface area (Å²) in [6, 6.07) is 0. The number of anilines is 1. The van der Waals surface area contributed by atoms with Gasteiger partial charge in [-0.1, -0.05) is 6.92 Å². The van der Waals surface area contributed by atoms with Gasteiger partial charge in [0.1, 0.15) is 5.82 Å². The molecule has 1 saturated heterocycles. The van der Waals surface area contributed by atoms with Gasteiger partial charge in [0.05, 0.1) is 0 Å². The highest BCUT2D eigenvalue weighted by molar-refractivity contribution is 7.09. The molecule has 1 N–H and O–H groups in total. The van der Waals surface area contributed by atoms with Crippen LogP contribution in [-0.4, -0.2) is 63.2 Å². The maximum absolute atomic E-state index is 13.1. The Kier molecular flexibility index (Phi) is 6.06. The van der Waals surface area contributed by atoms with Crippen LogP contribution < -0.4 is 10.2 Å². The molecule has 3 rings (SSSR count). The molecule has 1 fully saturated rings. The van der Waals surface area contributed by atoms with Gasteiger partial charge in [-0.25, -0.2) is 4.98 Å². The van der Waals surface area contributed by atoms with Crippen LogP contribution in [0.25, 0.3) is 0 Å². The van der Waals surface area contributed by atoms with E-state index in [1.54, 1.807) is 7.05 Å². The van der Waals surface area contributed by atoms with Gasteiger partial charge in [-0.3, -0.25) is 9.67 Å². The summed E-state index contributed by atoms with van der Waals surface area (Å²) >= 11 is 1.39. The van der Waals surface area contributed by atoms with Crippen molar-refractivity contribution in [3.63, 3.8) is 0 Å². The number of hydrogen-bond acceptors (Lipinski definition) is 6. The first-order valence-corrected chi connectivity index (χ1v) is 9.72. The maximum atomic E-state index is 13.1. The minimum atomic E-state index is -4.48. The van der Waals surface area contributed by atoms with E-state index in [-0.39, 0.29) is 12.1 Å². The van der Waals surface area contributed by atoms with Crippen molar-refractivity contribution in [2.45, 2.75) is 26.1 Å². The molecule has 0 amide bonds. The highest BCUT2D eigenvalue weighted by Gasteiger charge is 2.37. The van der Waals surface area contributed by atoms with Crippen LogP contribution in [0.15, 0.2) is 11.2 Å². The maximum Gasteiger partial charge on any atom is 0.435 e. The minimum Gasteiger partial charge on any atom is -0.352 e. The van der Waals surface area contributed by atoms with Crippen LogP contribution in [0.3, 0.4) is 0 Å². The number of halogens is 3. The average molecular weight is 416 g/mol. The monoisotopic (exact) mass is 416 g/mol. The summed E-state index contributed by atoms with van der Waals surface area (Å²) in [5.41, 5.74) is -0.776. The van der Waals surface area contributed by atoms with Crippen molar-refractivity contribution in [3.05, 3.63) is 23.3 Å². The number of hydrogen-bond donors (Lipinski definition) is 1. The Balaban J connectivity index is 1.58. The van der Waals surface area contributed by atoms with Gasteiger partial charge < -0.3 is 15.1 Å². The fourth-order valence-electron chi connectivity index (χ4n) is 3.04. The lowest BCUT2D eigenvalue weighted by Gasteiger charge is -2.36. The van der Waals surface area contributed by atoms with Gasteiger partial charge in [-0.05, 0) is 0 Å². The van der Waals surface area contributed by atoms with Gasteiger partial charge in [0.25, 0.3) is 0 Å². The Morgan fingerprint density at radius 2 is 2.00 bits per heavy atom. The molecule has 2 aromatic heterocycles. The summed E-state index contributed by atoms with van der Waals surface area (Å²) in [7, 11) is 3.10. The van der Waals surface area contributed by atoms with Crippen molar-refractivity contribution in [1.82, 2.24) is 29.4 Å². The minimum absolute atomic E-state index is 0.00578. The Morgan fingerprint density at radius 3 is 2.57 bits per heavy atom. The molecule has 0 radical (unpaired) electrons. The number of nitrogens with zero attached hydrogens (tertiary/aromatic N) is 7. The predicted octanol–water partition coefficient (Wildman–Crippen LogP) is 1.75. The molecule has 0 spiro atoms. The summed E-state index contributed by atoms with van der Waals surface area (Å²) in [4.78, 5) is 12.9. The average Bonchev–Trinajstić information content (AvgIpc) is 3.29. The zero-order valence-electron chi connectivity index (χ0n) is 16.0. The van der Waals surface area contributed by atoms with Crippen LogP contribution in [0.1, 0.15) is 24.0 Å². The van der Waals surface area contributed by atoms with Crippen molar-refractivity contribution < 1.29 is 13.2 Å². The van der Waals surface area contributed by atoms with Gasteiger partial charge in [-0.2, -0.15) is 22.6 Å². The van der Waals surface area contributed by atoms with Crippen molar-refractivity contribution in [2.24, 2.45) is 12.0 Å². The Bertz CT molecular complexity index is 820. The van der Waals surface area contributed by atoms with Crippen LogP contribution in [0.2, 0.25) is 0 Å². The number of guanidine groups is 1. The smallest absolute Gasteiger partial charge is 0.352 e. The molecule has 0 saturated carbocycles. The molecule has 2 aromatic rings. The van der Waals surface area contributed by atoms with Gasteiger partial charge >= 0.3 is 6.18 Å². The van der Waals surface area contributed by atoms with E-state index in [9.17, 15) is 13.2 Å².